The number of likely N-dealkylation sites (tertiary alicyclic amines) is 1. The molecule has 0 unspecified atom stereocenters. The van der Waals surface area contributed by atoms with E-state index < -0.39 is 0 Å². The third-order valence-electron chi connectivity index (χ3n) is 3.51. The summed E-state index contributed by atoms with van der Waals surface area (Å²) >= 11 is 0. The van der Waals surface area contributed by atoms with Gasteiger partial charge in [-0.15, -0.1) is 0 Å². The fraction of sp³-hybridized carbons (Fsp3) is 0.357. The van der Waals surface area contributed by atoms with Crippen LogP contribution in [0.1, 0.15) is 34.2 Å². The molecule has 3 heterocycles. The van der Waals surface area contributed by atoms with Gasteiger partial charge >= 0.3 is 0 Å². The normalized spacial score (nSPS) is 18.8. The molecule has 1 amide bonds. The first kappa shape index (κ1) is 11.9. The van der Waals surface area contributed by atoms with Crippen molar-refractivity contribution in [1.29, 1.82) is 0 Å². The van der Waals surface area contributed by atoms with Crippen LogP contribution in [0.5, 0.6) is 0 Å². The van der Waals surface area contributed by atoms with E-state index in [2.05, 4.69) is 15.0 Å². The maximum atomic E-state index is 12.3. The Morgan fingerprint density at radius 1 is 1.42 bits per heavy atom. The number of aromatic nitrogens is 3. The van der Waals surface area contributed by atoms with Gasteiger partial charge in [0.1, 0.15) is 5.82 Å². The Morgan fingerprint density at radius 2 is 2.21 bits per heavy atom. The summed E-state index contributed by atoms with van der Waals surface area (Å²) in [5.41, 5.74) is 1.76. The molecule has 1 N–H and O–H groups in total. The second-order valence-electron chi connectivity index (χ2n) is 4.92. The number of carbonyl (C=O) groups is 1. The highest BCUT2D eigenvalue weighted by Gasteiger charge is 2.29. The lowest BCUT2D eigenvalue weighted by atomic mass is 10.1. The molecule has 0 spiro atoms. The van der Waals surface area contributed by atoms with E-state index in [-0.39, 0.29) is 5.91 Å². The smallest absolute Gasteiger partial charge is 0.253 e. The van der Waals surface area contributed by atoms with Crippen LogP contribution in [-0.4, -0.2) is 38.8 Å². The predicted molar refractivity (Wildman–Crippen MR) is 70.8 cm³/mol. The summed E-state index contributed by atoms with van der Waals surface area (Å²) in [6.45, 7) is 3.50. The second kappa shape index (κ2) is 4.84. The molecule has 2 aromatic rings. The number of nitrogens with zero attached hydrogens (tertiary/aromatic N) is 3. The Balaban J connectivity index is 1.71. The number of carbonyl (C=O) groups excluding carboxylic acids is 1. The van der Waals surface area contributed by atoms with E-state index in [4.69, 9.17) is 0 Å². The third kappa shape index (κ3) is 2.36. The molecule has 1 aliphatic rings. The van der Waals surface area contributed by atoms with E-state index in [1.807, 2.05) is 18.0 Å². The molecule has 5 heteroatoms. The van der Waals surface area contributed by atoms with Crippen molar-refractivity contribution in [3.05, 3.63) is 47.8 Å². The molecule has 3 rings (SSSR count). The second-order valence-corrected chi connectivity index (χ2v) is 4.92. The highest BCUT2D eigenvalue weighted by molar-refractivity contribution is 5.94. The van der Waals surface area contributed by atoms with Gasteiger partial charge in [-0.3, -0.25) is 9.78 Å². The first-order valence-corrected chi connectivity index (χ1v) is 6.45. The van der Waals surface area contributed by atoms with Crippen LogP contribution in [0, 0.1) is 6.92 Å². The number of rotatable bonds is 2. The molecule has 0 bridgehead atoms. The number of amides is 1. The van der Waals surface area contributed by atoms with Gasteiger partial charge in [0, 0.05) is 48.9 Å². The highest BCUT2D eigenvalue weighted by Crippen LogP contribution is 2.26. The fourth-order valence-electron chi connectivity index (χ4n) is 2.49. The molecule has 1 aliphatic heterocycles. The van der Waals surface area contributed by atoms with Crippen molar-refractivity contribution < 1.29 is 4.79 Å². The highest BCUT2D eigenvalue weighted by atomic mass is 16.2. The molecule has 0 saturated carbocycles. The first-order valence-electron chi connectivity index (χ1n) is 6.45. The maximum Gasteiger partial charge on any atom is 0.253 e. The van der Waals surface area contributed by atoms with Crippen LogP contribution in [0.2, 0.25) is 0 Å². The first-order chi connectivity index (χ1) is 9.24. The number of hydrogen-bond acceptors (Lipinski definition) is 3. The number of imidazole rings is 1. The predicted octanol–water partition coefficient (Wildman–Crippen LogP) is 1.74. The van der Waals surface area contributed by atoms with Crippen molar-refractivity contribution in [1.82, 2.24) is 19.9 Å². The fourth-order valence-corrected chi connectivity index (χ4v) is 2.49. The minimum atomic E-state index is 0.0770. The summed E-state index contributed by atoms with van der Waals surface area (Å²) in [5, 5.41) is 0. The molecule has 0 radical (unpaired) electrons. The Kier molecular flexibility index (Phi) is 3.03. The minimum Gasteiger partial charge on any atom is -0.346 e. The van der Waals surface area contributed by atoms with Crippen LogP contribution in [0.3, 0.4) is 0 Å². The molecular formula is C14H16N4O. The lowest BCUT2D eigenvalue weighted by molar-refractivity contribution is 0.0790. The van der Waals surface area contributed by atoms with Crippen molar-refractivity contribution in [3.8, 4) is 0 Å². The zero-order valence-electron chi connectivity index (χ0n) is 10.8. The Labute approximate surface area is 111 Å². The number of pyridine rings is 1. The molecular weight excluding hydrogens is 240 g/mol. The van der Waals surface area contributed by atoms with Crippen LogP contribution in [0.4, 0.5) is 0 Å². The third-order valence-corrected chi connectivity index (χ3v) is 3.51. The topological polar surface area (TPSA) is 61.9 Å². The molecule has 1 fully saturated rings. The van der Waals surface area contributed by atoms with Crippen LogP contribution >= 0.6 is 0 Å². The van der Waals surface area contributed by atoms with Crippen molar-refractivity contribution in [2.45, 2.75) is 19.3 Å². The molecule has 1 atom stereocenters. The maximum absolute atomic E-state index is 12.3. The van der Waals surface area contributed by atoms with Gasteiger partial charge in [-0.25, -0.2) is 4.98 Å². The quantitative estimate of drug-likeness (QED) is 0.890. The van der Waals surface area contributed by atoms with Gasteiger partial charge in [0.15, 0.2) is 0 Å². The van der Waals surface area contributed by atoms with E-state index in [0.29, 0.717) is 11.5 Å². The van der Waals surface area contributed by atoms with Crippen LogP contribution in [0.15, 0.2) is 30.7 Å². The largest absolute Gasteiger partial charge is 0.346 e. The Hall–Kier alpha value is -2.17. The zero-order chi connectivity index (χ0) is 13.2. The number of hydrogen-bond donors (Lipinski definition) is 1. The van der Waals surface area contributed by atoms with Crippen molar-refractivity contribution in [2.75, 3.05) is 13.1 Å². The van der Waals surface area contributed by atoms with E-state index >= 15 is 0 Å². The zero-order valence-corrected chi connectivity index (χ0v) is 10.8. The van der Waals surface area contributed by atoms with Gasteiger partial charge in [0.2, 0.25) is 0 Å². The molecule has 0 aromatic carbocycles. The molecule has 5 nitrogen and oxygen atoms in total. The van der Waals surface area contributed by atoms with Gasteiger partial charge in [-0.05, 0) is 25.5 Å². The Morgan fingerprint density at radius 3 is 2.89 bits per heavy atom. The van der Waals surface area contributed by atoms with Crippen molar-refractivity contribution >= 4 is 5.91 Å². The average molecular weight is 256 g/mol. The molecule has 19 heavy (non-hydrogen) atoms. The van der Waals surface area contributed by atoms with E-state index in [1.54, 1.807) is 24.5 Å². The number of H-pyrrole nitrogens is 1. The summed E-state index contributed by atoms with van der Waals surface area (Å²) in [4.78, 5) is 25.7. The number of aryl methyl sites for hydroxylation is 1. The summed E-state index contributed by atoms with van der Waals surface area (Å²) < 4.78 is 0. The molecule has 0 aliphatic carbocycles. The van der Waals surface area contributed by atoms with Crippen LogP contribution in [0.25, 0.3) is 0 Å². The van der Waals surface area contributed by atoms with E-state index in [9.17, 15) is 4.79 Å². The summed E-state index contributed by atoms with van der Waals surface area (Å²) in [5.74, 6) is 1.38. The summed E-state index contributed by atoms with van der Waals surface area (Å²) in [7, 11) is 0. The van der Waals surface area contributed by atoms with Gasteiger partial charge in [0.05, 0.1) is 0 Å². The lowest BCUT2D eigenvalue weighted by Crippen LogP contribution is -2.28. The standard InChI is InChI=1S/C14H16N4O/c1-10-8-16-13(17-10)12-4-7-18(9-12)14(19)11-2-5-15-6-3-11/h2-3,5-6,8,12H,4,7,9H2,1H3,(H,16,17)/t12-/m1/s1. The van der Waals surface area contributed by atoms with Crippen molar-refractivity contribution in [2.24, 2.45) is 0 Å². The molecule has 98 valence electrons. The van der Waals surface area contributed by atoms with Gasteiger partial charge in [0.25, 0.3) is 5.91 Å². The van der Waals surface area contributed by atoms with E-state index in [1.165, 1.54) is 0 Å². The van der Waals surface area contributed by atoms with Crippen LogP contribution in [-0.2, 0) is 0 Å². The number of aromatic amines is 1. The summed E-state index contributed by atoms with van der Waals surface area (Å²) in [6.07, 6.45) is 6.10. The lowest BCUT2D eigenvalue weighted by Gasteiger charge is -2.15. The Bertz CT molecular complexity index is 578. The minimum absolute atomic E-state index is 0.0770. The number of nitrogens with one attached hydrogen (secondary N) is 1. The van der Waals surface area contributed by atoms with Gasteiger partial charge in [-0.2, -0.15) is 0 Å². The molecule has 2 aromatic heterocycles. The molecule has 1 saturated heterocycles. The van der Waals surface area contributed by atoms with Crippen molar-refractivity contribution in [3.63, 3.8) is 0 Å². The van der Waals surface area contributed by atoms with Crippen LogP contribution < -0.4 is 0 Å². The van der Waals surface area contributed by atoms with Gasteiger partial charge in [-0.1, -0.05) is 0 Å². The summed E-state index contributed by atoms with van der Waals surface area (Å²) in [6, 6.07) is 3.51. The monoisotopic (exact) mass is 256 g/mol. The van der Waals surface area contributed by atoms with E-state index in [0.717, 1.165) is 31.0 Å². The SMILES string of the molecule is Cc1cnc([C@@H]2CCN(C(=O)c3ccncc3)C2)[nH]1. The average Bonchev–Trinajstić information content (AvgIpc) is 3.07. The van der Waals surface area contributed by atoms with Gasteiger partial charge < -0.3 is 9.88 Å².